The van der Waals surface area contributed by atoms with Gasteiger partial charge in [-0.2, -0.15) is 0 Å². The van der Waals surface area contributed by atoms with Gasteiger partial charge in [0.15, 0.2) is 11.5 Å². The van der Waals surface area contributed by atoms with Crippen LogP contribution in [0.15, 0.2) is 21.0 Å². The quantitative estimate of drug-likeness (QED) is 0.768. The Kier molecular flexibility index (Phi) is 2.35. The first-order valence-electron chi connectivity index (χ1n) is 4.64. The van der Waals surface area contributed by atoms with Crippen LogP contribution in [0.3, 0.4) is 0 Å². The highest BCUT2D eigenvalue weighted by Gasteiger charge is 2.10. The molecule has 0 aliphatic carbocycles. The Morgan fingerprint density at radius 1 is 1.36 bits per heavy atom. The molecule has 2 aromatic rings. The minimum Gasteiger partial charge on any atom is -0.440 e. The van der Waals surface area contributed by atoms with Crippen LogP contribution < -0.4 is 0 Å². The lowest BCUT2D eigenvalue weighted by Crippen LogP contribution is -1.84. The van der Waals surface area contributed by atoms with Gasteiger partial charge in [0.25, 0.3) is 0 Å². The van der Waals surface area contributed by atoms with Crippen molar-refractivity contribution < 1.29 is 4.42 Å². The lowest BCUT2D eigenvalue weighted by molar-refractivity contribution is 0.501. The van der Waals surface area contributed by atoms with Crippen LogP contribution in [-0.2, 0) is 0 Å². The monoisotopic (exact) mass is 253 g/mol. The number of hydrogen-bond acceptors (Lipinski definition) is 2. The lowest BCUT2D eigenvalue weighted by atomic mass is 10.2. The summed E-state index contributed by atoms with van der Waals surface area (Å²) in [5, 5.41) is 0. The zero-order valence-electron chi connectivity index (χ0n) is 8.47. The van der Waals surface area contributed by atoms with Crippen molar-refractivity contribution in [1.29, 1.82) is 0 Å². The fraction of sp³-hybridized carbons (Fsp3) is 0.364. The molecule has 0 saturated carbocycles. The second kappa shape index (κ2) is 3.39. The van der Waals surface area contributed by atoms with Gasteiger partial charge in [0.05, 0.1) is 0 Å². The molecule has 0 N–H and O–H groups in total. The van der Waals surface area contributed by atoms with E-state index < -0.39 is 0 Å². The van der Waals surface area contributed by atoms with Crippen LogP contribution in [0, 0.1) is 6.92 Å². The second-order valence-corrected chi connectivity index (χ2v) is 4.63. The van der Waals surface area contributed by atoms with Crippen molar-refractivity contribution in [3.63, 3.8) is 0 Å². The third-order valence-electron chi connectivity index (χ3n) is 2.18. The molecule has 0 aliphatic rings. The molecule has 0 unspecified atom stereocenters. The average molecular weight is 254 g/mol. The Morgan fingerprint density at radius 2 is 2.07 bits per heavy atom. The summed E-state index contributed by atoms with van der Waals surface area (Å²) in [6.07, 6.45) is 0. The summed E-state index contributed by atoms with van der Waals surface area (Å²) in [5.41, 5.74) is 2.97. The number of hydrogen-bond donors (Lipinski definition) is 0. The highest BCUT2D eigenvalue weighted by atomic mass is 79.9. The number of oxazole rings is 1. The van der Waals surface area contributed by atoms with E-state index in [2.05, 4.69) is 34.8 Å². The van der Waals surface area contributed by atoms with Crippen LogP contribution in [0.5, 0.6) is 0 Å². The predicted octanol–water partition coefficient (Wildman–Crippen LogP) is 4.02. The molecule has 14 heavy (non-hydrogen) atoms. The van der Waals surface area contributed by atoms with Crippen LogP contribution in [0.2, 0.25) is 0 Å². The summed E-state index contributed by atoms with van der Waals surface area (Å²) in [4.78, 5) is 4.43. The van der Waals surface area contributed by atoms with E-state index in [4.69, 9.17) is 4.42 Å². The Hall–Kier alpha value is -0.830. The van der Waals surface area contributed by atoms with Crippen molar-refractivity contribution in [3.05, 3.63) is 28.1 Å². The van der Waals surface area contributed by atoms with Crippen LogP contribution in [0.25, 0.3) is 11.1 Å². The fourth-order valence-corrected chi connectivity index (χ4v) is 1.64. The number of aromatic nitrogens is 1. The van der Waals surface area contributed by atoms with Gasteiger partial charge in [-0.05, 0) is 24.6 Å². The van der Waals surface area contributed by atoms with E-state index in [0.717, 1.165) is 21.5 Å². The maximum Gasteiger partial charge on any atom is 0.198 e. The van der Waals surface area contributed by atoms with Crippen molar-refractivity contribution in [2.75, 3.05) is 0 Å². The number of fused-ring (bicyclic) bond motifs is 1. The Morgan fingerprint density at radius 3 is 2.71 bits per heavy atom. The normalized spacial score (nSPS) is 11.5. The SMILES string of the molecule is Cc1cc2nc(C(C)C)oc2cc1Br. The Bertz CT molecular complexity index is 434. The molecule has 1 heterocycles. The average Bonchev–Trinajstić information content (AvgIpc) is 2.48. The number of rotatable bonds is 1. The standard InChI is InChI=1S/C11H12BrNO/c1-6(2)11-13-9-4-7(3)8(12)5-10(9)14-11/h4-6H,1-3H3. The molecule has 0 aliphatic heterocycles. The highest BCUT2D eigenvalue weighted by molar-refractivity contribution is 9.10. The zero-order valence-corrected chi connectivity index (χ0v) is 10.1. The lowest BCUT2D eigenvalue weighted by Gasteiger charge is -1.94. The summed E-state index contributed by atoms with van der Waals surface area (Å²) in [6, 6.07) is 4.01. The van der Waals surface area contributed by atoms with Crippen molar-refractivity contribution in [2.24, 2.45) is 0 Å². The van der Waals surface area contributed by atoms with E-state index >= 15 is 0 Å². The van der Waals surface area contributed by atoms with E-state index in [0.29, 0.717) is 5.92 Å². The number of nitrogens with zero attached hydrogens (tertiary/aromatic N) is 1. The van der Waals surface area contributed by atoms with E-state index in [9.17, 15) is 0 Å². The second-order valence-electron chi connectivity index (χ2n) is 3.78. The molecule has 0 atom stereocenters. The molecule has 0 fully saturated rings. The van der Waals surface area contributed by atoms with Gasteiger partial charge in [0.1, 0.15) is 5.52 Å². The van der Waals surface area contributed by atoms with Crippen molar-refractivity contribution in [2.45, 2.75) is 26.7 Å². The Labute approximate surface area is 91.5 Å². The van der Waals surface area contributed by atoms with Gasteiger partial charge in [-0.25, -0.2) is 4.98 Å². The molecule has 1 aromatic heterocycles. The third-order valence-corrected chi connectivity index (χ3v) is 3.03. The molecular weight excluding hydrogens is 242 g/mol. The molecule has 0 bridgehead atoms. The van der Waals surface area contributed by atoms with Crippen LogP contribution >= 0.6 is 15.9 Å². The Balaban J connectivity index is 2.66. The smallest absolute Gasteiger partial charge is 0.198 e. The fourth-order valence-electron chi connectivity index (χ4n) is 1.32. The van der Waals surface area contributed by atoms with E-state index in [1.165, 1.54) is 5.56 Å². The minimum absolute atomic E-state index is 0.335. The molecule has 1 aromatic carbocycles. The van der Waals surface area contributed by atoms with E-state index in [1.54, 1.807) is 0 Å². The summed E-state index contributed by atoms with van der Waals surface area (Å²) in [7, 11) is 0. The van der Waals surface area contributed by atoms with Crippen molar-refractivity contribution in [1.82, 2.24) is 4.98 Å². The van der Waals surface area contributed by atoms with Crippen LogP contribution in [0.1, 0.15) is 31.2 Å². The summed E-state index contributed by atoms with van der Waals surface area (Å²) in [5.74, 6) is 1.14. The molecule has 3 heteroatoms. The van der Waals surface area contributed by atoms with Gasteiger partial charge in [-0.3, -0.25) is 0 Å². The molecule has 2 rings (SSSR count). The summed E-state index contributed by atoms with van der Waals surface area (Å²) >= 11 is 3.47. The molecule has 2 nitrogen and oxygen atoms in total. The van der Waals surface area contributed by atoms with Crippen molar-refractivity contribution >= 4 is 27.0 Å². The zero-order chi connectivity index (χ0) is 10.3. The number of benzene rings is 1. The van der Waals surface area contributed by atoms with Gasteiger partial charge in [-0.1, -0.05) is 29.8 Å². The van der Waals surface area contributed by atoms with Gasteiger partial charge in [-0.15, -0.1) is 0 Å². The highest BCUT2D eigenvalue weighted by Crippen LogP contribution is 2.26. The first-order chi connectivity index (χ1) is 6.58. The first-order valence-corrected chi connectivity index (χ1v) is 5.44. The summed E-state index contributed by atoms with van der Waals surface area (Å²) < 4.78 is 6.69. The molecule has 0 radical (unpaired) electrons. The molecule has 74 valence electrons. The summed E-state index contributed by atoms with van der Waals surface area (Å²) in [6.45, 7) is 6.20. The number of halogens is 1. The van der Waals surface area contributed by atoms with E-state index in [-0.39, 0.29) is 0 Å². The van der Waals surface area contributed by atoms with Crippen LogP contribution in [0.4, 0.5) is 0 Å². The largest absolute Gasteiger partial charge is 0.440 e. The predicted molar refractivity (Wildman–Crippen MR) is 60.5 cm³/mol. The topological polar surface area (TPSA) is 26.0 Å². The molecule has 0 amide bonds. The van der Waals surface area contributed by atoms with Gasteiger partial charge in [0, 0.05) is 10.4 Å². The molecule has 0 spiro atoms. The van der Waals surface area contributed by atoms with Gasteiger partial charge < -0.3 is 4.42 Å². The van der Waals surface area contributed by atoms with Gasteiger partial charge in [0.2, 0.25) is 0 Å². The van der Waals surface area contributed by atoms with E-state index in [1.807, 2.05) is 19.1 Å². The van der Waals surface area contributed by atoms with Gasteiger partial charge >= 0.3 is 0 Å². The van der Waals surface area contributed by atoms with Crippen molar-refractivity contribution in [3.8, 4) is 0 Å². The maximum atomic E-state index is 5.62. The number of aryl methyl sites for hydroxylation is 1. The minimum atomic E-state index is 0.335. The first kappa shape index (κ1) is 9.71. The maximum absolute atomic E-state index is 5.62. The third kappa shape index (κ3) is 1.57. The molecular formula is C11H12BrNO. The van der Waals surface area contributed by atoms with Crippen LogP contribution in [-0.4, -0.2) is 4.98 Å². The molecule has 0 saturated heterocycles.